The molecule has 0 bridgehead atoms. The highest BCUT2D eigenvalue weighted by atomic mass is 15.4. The van der Waals surface area contributed by atoms with Crippen molar-refractivity contribution in [2.45, 2.75) is 19.6 Å². The van der Waals surface area contributed by atoms with Gasteiger partial charge in [-0.05, 0) is 26.6 Å². The minimum Gasteiger partial charge on any atom is -0.293 e. The van der Waals surface area contributed by atoms with Crippen molar-refractivity contribution in [2.75, 3.05) is 26.7 Å². The van der Waals surface area contributed by atoms with E-state index in [2.05, 4.69) is 22.5 Å². The lowest BCUT2D eigenvalue weighted by molar-refractivity contribution is 0.117. The largest absolute Gasteiger partial charge is 0.293 e. The lowest BCUT2D eigenvalue weighted by atomic mass is 10.3. The van der Waals surface area contributed by atoms with Crippen molar-refractivity contribution < 1.29 is 0 Å². The van der Waals surface area contributed by atoms with Gasteiger partial charge in [-0.2, -0.15) is 0 Å². The zero-order valence-electron chi connectivity index (χ0n) is 6.85. The van der Waals surface area contributed by atoms with E-state index < -0.39 is 0 Å². The molecule has 0 radical (unpaired) electrons. The number of hydrogen-bond donors (Lipinski definition) is 2. The molecule has 3 heteroatoms. The molecule has 1 saturated heterocycles. The number of rotatable bonds is 2. The molecule has 3 nitrogen and oxygen atoms in total. The molecule has 0 spiro atoms. The quantitative estimate of drug-likeness (QED) is 0.561. The van der Waals surface area contributed by atoms with Crippen LogP contribution in [0.25, 0.3) is 0 Å². The van der Waals surface area contributed by atoms with Crippen molar-refractivity contribution in [2.24, 2.45) is 0 Å². The Balaban J connectivity index is 2.34. The monoisotopic (exact) mass is 143 g/mol. The Hall–Kier alpha value is -0.120. The van der Waals surface area contributed by atoms with Crippen molar-refractivity contribution in [1.29, 1.82) is 0 Å². The molecule has 1 aliphatic heterocycles. The fourth-order valence-electron chi connectivity index (χ4n) is 1.40. The Morgan fingerprint density at radius 3 is 3.00 bits per heavy atom. The molecule has 1 heterocycles. The van der Waals surface area contributed by atoms with E-state index in [1.54, 1.807) is 0 Å². The molecule has 0 aliphatic carbocycles. The van der Waals surface area contributed by atoms with E-state index >= 15 is 0 Å². The summed E-state index contributed by atoms with van der Waals surface area (Å²) in [5.74, 6) is 0. The van der Waals surface area contributed by atoms with Crippen LogP contribution in [0.5, 0.6) is 0 Å². The summed E-state index contributed by atoms with van der Waals surface area (Å²) in [7, 11) is 1.99. The third kappa shape index (κ3) is 1.68. The Morgan fingerprint density at radius 2 is 2.50 bits per heavy atom. The molecule has 1 unspecified atom stereocenters. The summed E-state index contributed by atoms with van der Waals surface area (Å²) in [5.41, 5.74) is 0. The molecule has 0 aromatic rings. The van der Waals surface area contributed by atoms with E-state index in [0.717, 1.165) is 13.1 Å². The molecule has 0 aromatic carbocycles. The van der Waals surface area contributed by atoms with Gasteiger partial charge < -0.3 is 0 Å². The van der Waals surface area contributed by atoms with Gasteiger partial charge in [-0.3, -0.25) is 15.5 Å². The van der Waals surface area contributed by atoms with Crippen LogP contribution in [-0.4, -0.2) is 37.9 Å². The van der Waals surface area contributed by atoms with Crippen molar-refractivity contribution in [3.8, 4) is 0 Å². The molecular weight excluding hydrogens is 126 g/mol. The first-order valence-electron chi connectivity index (χ1n) is 4.03. The van der Waals surface area contributed by atoms with Crippen molar-refractivity contribution in [1.82, 2.24) is 15.5 Å². The summed E-state index contributed by atoms with van der Waals surface area (Å²) in [6.45, 7) is 5.67. The fraction of sp³-hybridized carbons (Fsp3) is 1.00. The smallest absolute Gasteiger partial charge is 0.114 e. The molecule has 1 aliphatic rings. The molecule has 1 fully saturated rings. The first kappa shape index (κ1) is 7.98. The number of nitrogens with one attached hydrogen (secondary N) is 2. The average Bonchev–Trinajstić information content (AvgIpc) is 2.04. The van der Waals surface area contributed by atoms with E-state index in [1.807, 2.05) is 7.05 Å². The van der Waals surface area contributed by atoms with Crippen LogP contribution in [0, 0.1) is 0 Å². The summed E-state index contributed by atoms with van der Waals surface area (Å²) >= 11 is 0. The van der Waals surface area contributed by atoms with Gasteiger partial charge in [0.15, 0.2) is 0 Å². The van der Waals surface area contributed by atoms with Gasteiger partial charge in [0.1, 0.15) is 6.29 Å². The van der Waals surface area contributed by atoms with Crippen LogP contribution in [0.3, 0.4) is 0 Å². The summed E-state index contributed by atoms with van der Waals surface area (Å²) in [5, 5.41) is 6.60. The topological polar surface area (TPSA) is 27.3 Å². The third-order valence-electron chi connectivity index (χ3n) is 2.00. The van der Waals surface area contributed by atoms with Crippen LogP contribution in [0.1, 0.15) is 13.3 Å². The predicted molar refractivity (Wildman–Crippen MR) is 42.7 cm³/mol. The van der Waals surface area contributed by atoms with E-state index in [9.17, 15) is 0 Å². The van der Waals surface area contributed by atoms with E-state index in [1.165, 1.54) is 13.0 Å². The van der Waals surface area contributed by atoms with E-state index in [-0.39, 0.29) is 0 Å². The maximum absolute atomic E-state index is 3.38. The molecule has 60 valence electrons. The molecule has 0 aromatic heterocycles. The van der Waals surface area contributed by atoms with Gasteiger partial charge in [-0.1, -0.05) is 6.92 Å². The predicted octanol–water partition coefficient (Wildman–Crippen LogP) is -0.195. The van der Waals surface area contributed by atoms with Crippen molar-refractivity contribution in [3.63, 3.8) is 0 Å². The summed E-state index contributed by atoms with van der Waals surface area (Å²) < 4.78 is 0. The fourth-order valence-corrected chi connectivity index (χ4v) is 1.40. The highest BCUT2D eigenvalue weighted by Crippen LogP contribution is 1.99. The SMILES string of the molecule is CCN1CCCNC1NC. The Bertz CT molecular complexity index is 82.9. The first-order valence-corrected chi connectivity index (χ1v) is 4.03. The average molecular weight is 143 g/mol. The Morgan fingerprint density at radius 1 is 1.70 bits per heavy atom. The molecule has 0 saturated carbocycles. The van der Waals surface area contributed by atoms with Crippen LogP contribution < -0.4 is 10.6 Å². The highest BCUT2D eigenvalue weighted by molar-refractivity contribution is 4.70. The maximum Gasteiger partial charge on any atom is 0.114 e. The van der Waals surface area contributed by atoms with Crippen LogP contribution in [-0.2, 0) is 0 Å². The standard InChI is InChI=1S/C7H17N3/c1-3-10-6-4-5-9-7(10)8-2/h7-9H,3-6H2,1-2H3. The van der Waals surface area contributed by atoms with Gasteiger partial charge in [0.05, 0.1) is 0 Å². The lowest BCUT2D eigenvalue weighted by Crippen LogP contribution is -2.57. The second-order valence-corrected chi connectivity index (χ2v) is 2.63. The highest BCUT2D eigenvalue weighted by Gasteiger charge is 2.17. The molecule has 0 amide bonds. The van der Waals surface area contributed by atoms with Crippen LogP contribution >= 0.6 is 0 Å². The minimum absolute atomic E-state index is 0.402. The summed E-state index contributed by atoms with van der Waals surface area (Å²) in [6, 6.07) is 0. The van der Waals surface area contributed by atoms with Crippen molar-refractivity contribution in [3.05, 3.63) is 0 Å². The van der Waals surface area contributed by atoms with Gasteiger partial charge in [0.25, 0.3) is 0 Å². The second-order valence-electron chi connectivity index (χ2n) is 2.63. The van der Waals surface area contributed by atoms with Gasteiger partial charge in [0.2, 0.25) is 0 Å². The molecule has 10 heavy (non-hydrogen) atoms. The zero-order valence-corrected chi connectivity index (χ0v) is 6.85. The van der Waals surface area contributed by atoms with Crippen LogP contribution in [0.4, 0.5) is 0 Å². The Labute approximate surface area is 62.8 Å². The normalized spacial score (nSPS) is 28.8. The third-order valence-corrected chi connectivity index (χ3v) is 2.00. The summed E-state index contributed by atoms with van der Waals surface area (Å²) in [6.07, 6.45) is 1.67. The number of nitrogens with zero attached hydrogens (tertiary/aromatic N) is 1. The van der Waals surface area contributed by atoms with Gasteiger partial charge in [-0.25, -0.2) is 0 Å². The molecular formula is C7H17N3. The van der Waals surface area contributed by atoms with Gasteiger partial charge in [-0.15, -0.1) is 0 Å². The van der Waals surface area contributed by atoms with E-state index in [0.29, 0.717) is 6.29 Å². The maximum atomic E-state index is 3.38. The summed E-state index contributed by atoms with van der Waals surface area (Å²) in [4.78, 5) is 2.39. The molecule has 1 rings (SSSR count). The Kier molecular flexibility index (Phi) is 3.12. The van der Waals surface area contributed by atoms with Crippen LogP contribution in [0.2, 0.25) is 0 Å². The lowest BCUT2D eigenvalue weighted by Gasteiger charge is -2.35. The number of hydrogen-bond acceptors (Lipinski definition) is 3. The molecule has 1 atom stereocenters. The van der Waals surface area contributed by atoms with Crippen LogP contribution in [0.15, 0.2) is 0 Å². The first-order chi connectivity index (χ1) is 4.88. The minimum atomic E-state index is 0.402. The zero-order chi connectivity index (χ0) is 7.40. The molecule has 2 N–H and O–H groups in total. The van der Waals surface area contributed by atoms with Gasteiger partial charge >= 0.3 is 0 Å². The van der Waals surface area contributed by atoms with Crippen molar-refractivity contribution >= 4 is 0 Å². The second kappa shape index (κ2) is 3.91. The van der Waals surface area contributed by atoms with E-state index in [4.69, 9.17) is 0 Å². The van der Waals surface area contributed by atoms with Gasteiger partial charge in [0, 0.05) is 6.54 Å².